The highest BCUT2D eigenvalue weighted by Gasteiger charge is 2.20. The molecule has 1 aromatic rings. The van der Waals surface area contributed by atoms with Gasteiger partial charge in [0, 0.05) is 13.0 Å². The van der Waals surface area contributed by atoms with Crippen molar-refractivity contribution in [2.45, 2.75) is 33.1 Å². The van der Waals surface area contributed by atoms with E-state index in [2.05, 4.69) is 34.3 Å². The molecule has 0 aromatic carbocycles. The number of nitrogens with one attached hydrogen (secondary N) is 1. The minimum atomic E-state index is -0.0373. The van der Waals surface area contributed by atoms with Crippen molar-refractivity contribution in [3.8, 4) is 0 Å². The molecule has 6 nitrogen and oxygen atoms in total. The maximum atomic E-state index is 12.0. The van der Waals surface area contributed by atoms with Crippen LogP contribution >= 0.6 is 11.3 Å². The van der Waals surface area contributed by atoms with Gasteiger partial charge in [0.15, 0.2) is 0 Å². The number of rotatable bonds is 6. The average molecular weight is 312 g/mol. The lowest BCUT2D eigenvalue weighted by Crippen LogP contribution is -2.39. The number of aliphatic hydroxyl groups is 1. The molecule has 0 saturated carbocycles. The Kier molecular flexibility index (Phi) is 6.08. The van der Waals surface area contributed by atoms with E-state index in [1.165, 1.54) is 11.3 Å². The van der Waals surface area contributed by atoms with Crippen LogP contribution in [0, 0.1) is 11.8 Å². The first-order valence-corrected chi connectivity index (χ1v) is 8.34. The lowest BCUT2D eigenvalue weighted by atomic mass is 9.98. The summed E-state index contributed by atoms with van der Waals surface area (Å²) in [6.45, 7) is 6.65. The maximum Gasteiger partial charge on any atom is 0.240 e. The predicted octanol–water partition coefficient (Wildman–Crippen LogP) is 1.38. The molecule has 0 atom stereocenters. The summed E-state index contributed by atoms with van der Waals surface area (Å²) in [6, 6.07) is 0. The normalized spacial score (nSPS) is 17.3. The standard InChI is InChI=1S/C14H24N4O2S/c1-10(2)7-13-16-17-14(21-13)15-12(20)8-18-5-3-11(9-19)4-6-18/h10-11,19H,3-9H2,1-2H3,(H,15,17,20). The number of likely N-dealkylation sites (tertiary alicyclic amines) is 1. The van der Waals surface area contributed by atoms with E-state index in [-0.39, 0.29) is 12.5 Å². The fraction of sp³-hybridized carbons (Fsp3) is 0.786. The second-order valence-corrected chi connectivity index (χ2v) is 7.11. The van der Waals surface area contributed by atoms with Gasteiger partial charge in [-0.2, -0.15) is 0 Å². The SMILES string of the molecule is CC(C)Cc1nnc(NC(=O)CN2CCC(CO)CC2)s1. The lowest BCUT2D eigenvalue weighted by Gasteiger charge is -2.30. The van der Waals surface area contributed by atoms with Gasteiger partial charge in [0.1, 0.15) is 5.01 Å². The summed E-state index contributed by atoms with van der Waals surface area (Å²) < 4.78 is 0. The van der Waals surface area contributed by atoms with Crippen LogP contribution in [0.2, 0.25) is 0 Å². The molecule has 7 heteroatoms. The molecule has 0 radical (unpaired) electrons. The molecule has 0 spiro atoms. The molecule has 1 saturated heterocycles. The van der Waals surface area contributed by atoms with Crippen LogP contribution in [0.15, 0.2) is 0 Å². The van der Waals surface area contributed by atoms with Gasteiger partial charge in [-0.3, -0.25) is 15.0 Å². The second-order valence-electron chi connectivity index (χ2n) is 6.05. The number of aromatic nitrogens is 2. The van der Waals surface area contributed by atoms with E-state index in [4.69, 9.17) is 5.11 Å². The number of hydrogen-bond acceptors (Lipinski definition) is 6. The number of anilines is 1. The quantitative estimate of drug-likeness (QED) is 0.830. The molecule has 0 aliphatic carbocycles. The van der Waals surface area contributed by atoms with Crippen molar-refractivity contribution in [3.63, 3.8) is 0 Å². The lowest BCUT2D eigenvalue weighted by molar-refractivity contribution is -0.117. The highest BCUT2D eigenvalue weighted by Crippen LogP contribution is 2.19. The first kappa shape index (κ1) is 16.3. The molecule has 2 heterocycles. The molecular weight excluding hydrogens is 288 g/mol. The van der Waals surface area contributed by atoms with Gasteiger partial charge >= 0.3 is 0 Å². The van der Waals surface area contributed by atoms with E-state index >= 15 is 0 Å². The maximum absolute atomic E-state index is 12.0. The number of carbonyl (C=O) groups is 1. The number of nitrogens with zero attached hydrogens (tertiary/aromatic N) is 3. The molecule has 1 aliphatic rings. The third kappa shape index (κ3) is 5.33. The van der Waals surface area contributed by atoms with Crippen LogP contribution < -0.4 is 5.32 Å². The largest absolute Gasteiger partial charge is 0.396 e. The van der Waals surface area contributed by atoms with Crippen LogP contribution in [-0.4, -0.2) is 52.4 Å². The number of piperidine rings is 1. The van der Waals surface area contributed by atoms with E-state index < -0.39 is 0 Å². The molecule has 1 aliphatic heterocycles. The first-order valence-electron chi connectivity index (χ1n) is 7.52. The van der Waals surface area contributed by atoms with Gasteiger partial charge in [-0.1, -0.05) is 25.2 Å². The molecule has 1 amide bonds. The zero-order valence-corrected chi connectivity index (χ0v) is 13.5. The molecule has 0 unspecified atom stereocenters. The second kappa shape index (κ2) is 7.82. The Bertz CT molecular complexity index is 456. The van der Waals surface area contributed by atoms with Gasteiger partial charge < -0.3 is 5.11 Å². The number of amides is 1. The van der Waals surface area contributed by atoms with Crippen LogP contribution in [0.25, 0.3) is 0 Å². The van der Waals surface area contributed by atoms with Crippen LogP contribution in [0.1, 0.15) is 31.7 Å². The molecule has 118 valence electrons. The molecule has 2 N–H and O–H groups in total. The van der Waals surface area contributed by atoms with Crippen LogP contribution in [-0.2, 0) is 11.2 Å². The molecule has 21 heavy (non-hydrogen) atoms. The van der Waals surface area contributed by atoms with Gasteiger partial charge in [0.2, 0.25) is 11.0 Å². The molecule has 0 bridgehead atoms. The van der Waals surface area contributed by atoms with Gasteiger partial charge in [0.05, 0.1) is 6.54 Å². The van der Waals surface area contributed by atoms with Gasteiger partial charge in [0.25, 0.3) is 0 Å². The van der Waals surface area contributed by atoms with Gasteiger partial charge in [-0.25, -0.2) is 0 Å². The summed E-state index contributed by atoms with van der Waals surface area (Å²) in [5, 5.41) is 21.6. The Morgan fingerprint density at radius 1 is 1.43 bits per heavy atom. The van der Waals surface area contributed by atoms with E-state index in [9.17, 15) is 4.79 Å². The van der Waals surface area contributed by atoms with Gasteiger partial charge in [-0.15, -0.1) is 10.2 Å². The van der Waals surface area contributed by atoms with Crippen LogP contribution in [0.4, 0.5) is 5.13 Å². The van der Waals surface area contributed by atoms with Crippen LogP contribution in [0.5, 0.6) is 0 Å². The van der Waals surface area contributed by atoms with E-state index in [1.54, 1.807) is 0 Å². The van der Waals surface area contributed by atoms with Crippen LogP contribution in [0.3, 0.4) is 0 Å². The molecule has 1 fully saturated rings. The van der Waals surface area contributed by atoms with Crippen molar-refractivity contribution in [3.05, 3.63) is 5.01 Å². The fourth-order valence-corrected chi connectivity index (χ4v) is 3.39. The third-order valence-corrected chi connectivity index (χ3v) is 4.49. The Balaban J connectivity index is 1.75. The Morgan fingerprint density at radius 3 is 2.76 bits per heavy atom. The highest BCUT2D eigenvalue weighted by molar-refractivity contribution is 7.15. The molecule has 1 aromatic heterocycles. The minimum absolute atomic E-state index is 0.0373. The summed E-state index contributed by atoms with van der Waals surface area (Å²) in [6.07, 6.45) is 2.81. The number of hydrogen-bond donors (Lipinski definition) is 2. The smallest absolute Gasteiger partial charge is 0.240 e. The van der Waals surface area contributed by atoms with E-state index in [0.717, 1.165) is 37.4 Å². The Morgan fingerprint density at radius 2 is 2.14 bits per heavy atom. The zero-order chi connectivity index (χ0) is 15.2. The zero-order valence-electron chi connectivity index (χ0n) is 12.7. The van der Waals surface area contributed by atoms with E-state index in [0.29, 0.717) is 23.5 Å². The summed E-state index contributed by atoms with van der Waals surface area (Å²) in [7, 11) is 0. The van der Waals surface area contributed by atoms with E-state index in [1.807, 2.05) is 0 Å². The van der Waals surface area contributed by atoms with Crippen molar-refractivity contribution in [2.24, 2.45) is 11.8 Å². The first-order chi connectivity index (χ1) is 10.1. The van der Waals surface area contributed by atoms with Crippen molar-refractivity contribution in [1.29, 1.82) is 0 Å². The van der Waals surface area contributed by atoms with Crippen molar-refractivity contribution in [1.82, 2.24) is 15.1 Å². The predicted molar refractivity (Wildman–Crippen MR) is 83.3 cm³/mol. The average Bonchev–Trinajstić information content (AvgIpc) is 2.85. The number of carbonyl (C=O) groups excluding carboxylic acids is 1. The third-order valence-electron chi connectivity index (χ3n) is 3.63. The molecular formula is C14H24N4O2S. The highest BCUT2D eigenvalue weighted by atomic mass is 32.1. The fourth-order valence-electron chi connectivity index (χ4n) is 2.42. The minimum Gasteiger partial charge on any atom is -0.396 e. The summed E-state index contributed by atoms with van der Waals surface area (Å²) in [4.78, 5) is 14.1. The van der Waals surface area contributed by atoms with Crippen molar-refractivity contribution >= 4 is 22.4 Å². The topological polar surface area (TPSA) is 78.4 Å². The van der Waals surface area contributed by atoms with Gasteiger partial charge in [-0.05, 0) is 37.8 Å². The summed E-state index contributed by atoms with van der Waals surface area (Å²) >= 11 is 1.45. The monoisotopic (exact) mass is 312 g/mol. The van der Waals surface area contributed by atoms with Crippen molar-refractivity contribution < 1.29 is 9.90 Å². The molecule has 2 rings (SSSR count). The number of aliphatic hydroxyl groups excluding tert-OH is 1. The van der Waals surface area contributed by atoms with Crippen molar-refractivity contribution in [2.75, 3.05) is 31.6 Å². The summed E-state index contributed by atoms with van der Waals surface area (Å²) in [5.41, 5.74) is 0. The Labute approximate surface area is 129 Å². The summed E-state index contributed by atoms with van der Waals surface area (Å²) in [5.74, 6) is 0.894. The Hall–Kier alpha value is -1.05.